The van der Waals surface area contributed by atoms with Crippen molar-refractivity contribution < 1.29 is 27.4 Å². The first-order chi connectivity index (χ1) is 22.8. The molecule has 11 nitrogen and oxygen atoms in total. The van der Waals surface area contributed by atoms with Crippen LogP contribution in [-0.4, -0.2) is 99.5 Å². The molecule has 1 aromatic carbocycles. The third kappa shape index (κ3) is 4.69. The molecule has 4 aromatic rings. The Bertz CT molecular complexity index is 1930. The van der Waals surface area contributed by atoms with E-state index in [1.165, 1.54) is 6.20 Å². The summed E-state index contributed by atoms with van der Waals surface area (Å²) in [6.45, 7) is 0.904. The highest BCUT2D eigenvalue weighted by atomic mass is 35.5. The van der Waals surface area contributed by atoms with Gasteiger partial charge in [0.1, 0.15) is 36.5 Å². The van der Waals surface area contributed by atoms with E-state index in [4.69, 9.17) is 26.1 Å². The molecular weight excluding hydrogens is 637 g/mol. The van der Waals surface area contributed by atoms with Crippen LogP contribution in [0.4, 0.5) is 23.8 Å². The number of rotatable bonds is 4. The van der Waals surface area contributed by atoms with Gasteiger partial charge in [-0.15, -0.1) is 0 Å². The SMILES string of the molecule is O=C1N[C@@H]2C[C@@H](CF)N(C2)c2nc(OC[C@@]34CCCN3C[C@H](F)C4)nc3c(F)c(ncc23)-c2c(c(Cl)cc3[nH]ncc23)[C@@H]2C[C@@H]2CO1. The maximum atomic E-state index is 17.1. The molecule has 8 heterocycles. The second kappa shape index (κ2) is 10.8. The number of pyridine rings is 1. The largest absolute Gasteiger partial charge is 0.461 e. The van der Waals surface area contributed by atoms with E-state index in [0.29, 0.717) is 52.9 Å². The number of hydrogen-bond donors (Lipinski definition) is 2. The van der Waals surface area contributed by atoms with Crippen LogP contribution in [0, 0.1) is 11.7 Å². The van der Waals surface area contributed by atoms with Gasteiger partial charge in [-0.3, -0.25) is 15.0 Å². The summed E-state index contributed by atoms with van der Waals surface area (Å²) in [6.07, 6.45) is 4.61. The summed E-state index contributed by atoms with van der Waals surface area (Å²) in [4.78, 5) is 30.6. The number of H-pyrrole nitrogens is 1. The number of nitrogens with one attached hydrogen (secondary N) is 2. The molecule has 3 aromatic heterocycles. The Hall–Kier alpha value is -3.91. The van der Waals surface area contributed by atoms with Crippen LogP contribution in [0.5, 0.6) is 6.01 Å². The molecule has 6 atom stereocenters. The van der Waals surface area contributed by atoms with Crippen LogP contribution in [0.15, 0.2) is 18.5 Å². The van der Waals surface area contributed by atoms with E-state index >= 15 is 4.39 Å². The molecule has 246 valence electrons. The number of halogens is 4. The Labute approximate surface area is 272 Å². The molecule has 15 heteroatoms. The van der Waals surface area contributed by atoms with Crippen molar-refractivity contribution in [3.63, 3.8) is 0 Å². The van der Waals surface area contributed by atoms with Crippen molar-refractivity contribution in [1.82, 2.24) is 35.4 Å². The van der Waals surface area contributed by atoms with Crippen LogP contribution in [0.1, 0.15) is 43.6 Å². The van der Waals surface area contributed by atoms with Gasteiger partial charge in [-0.25, -0.2) is 18.0 Å². The van der Waals surface area contributed by atoms with Gasteiger partial charge in [-0.05, 0) is 49.8 Å². The van der Waals surface area contributed by atoms with Crippen molar-refractivity contribution in [3.8, 4) is 17.3 Å². The molecular formula is C32H32ClF3N8O3. The average molecular weight is 669 g/mol. The fourth-order valence-electron chi connectivity index (χ4n) is 8.42. The minimum atomic E-state index is -0.950. The Morgan fingerprint density at radius 3 is 2.96 bits per heavy atom. The predicted octanol–water partition coefficient (Wildman–Crippen LogP) is 5.08. The summed E-state index contributed by atoms with van der Waals surface area (Å²) in [5.41, 5.74) is 1.30. The minimum Gasteiger partial charge on any atom is -0.461 e. The Balaban J connectivity index is 1.23. The number of aromatic amines is 1. The van der Waals surface area contributed by atoms with Crippen LogP contribution in [0.25, 0.3) is 33.1 Å². The van der Waals surface area contributed by atoms with Gasteiger partial charge in [0.25, 0.3) is 0 Å². The molecule has 2 N–H and O–H groups in total. The topological polar surface area (TPSA) is 121 Å². The lowest BCUT2D eigenvalue weighted by Gasteiger charge is -2.31. The van der Waals surface area contributed by atoms with Gasteiger partial charge >= 0.3 is 12.1 Å². The summed E-state index contributed by atoms with van der Waals surface area (Å²) < 4.78 is 58.0. The molecule has 1 aliphatic carbocycles. The number of hydrogen-bond acceptors (Lipinski definition) is 9. The highest BCUT2D eigenvalue weighted by Crippen LogP contribution is 2.54. The van der Waals surface area contributed by atoms with Gasteiger partial charge in [0.2, 0.25) is 0 Å². The van der Waals surface area contributed by atoms with Crippen LogP contribution < -0.4 is 15.0 Å². The van der Waals surface area contributed by atoms with Crippen LogP contribution in [0.3, 0.4) is 0 Å². The molecule has 6 bridgehead atoms. The maximum Gasteiger partial charge on any atom is 0.407 e. The van der Waals surface area contributed by atoms with E-state index in [9.17, 15) is 13.6 Å². The fourth-order valence-corrected chi connectivity index (χ4v) is 8.77. The normalized spacial score (nSPS) is 30.1. The summed E-state index contributed by atoms with van der Waals surface area (Å²) >= 11 is 6.86. The van der Waals surface area contributed by atoms with E-state index in [0.717, 1.165) is 19.4 Å². The molecule has 47 heavy (non-hydrogen) atoms. The number of alkyl carbamates (subject to hydrolysis) is 1. The number of benzene rings is 1. The number of fused-ring (bicyclic) bond motifs is 6. The van der Waals surface area contributed by atoms with Gasteiger partial charge in [0, 0.05) is 47.6 Å². The monoisotopic (exact) mass is 668 g/mol. The number of alkyl halides is 2. The molecule has 1 saturated carbocycles. The highest BCUT2D eigenvalue weighted by molar-refractivity contribution is 6.33. The molecule has 5 aliphatic heterocycles. The van der Waals surface area contributed by atoms with Crippen molar-refractivity contribution in [1.29, 1.82) is 0 Å². The number of anilines is 1. The Morgan fingerprint density at radius 2 is 2.09 bits per heavy atom. The fraction of sp³-hybridized carbons (Fsp3) is 0.531. The number of ether oxygens (including phenoxy) is 2. The first-order valence-electron chi connectivity index (χ1n) is 16.1. The smallest absolute Gasteiger partial charge is 0.407 e. The molecule has 10 rings (SSSR count). The number of carbonyl (C=O) groups is 1. The van der Waals surface area contributed by atoms with E-state index in [2.05, 4.69) is 30.4 Å². The zero-order valence-electron chi connectivity index (χ0n) is 25.3. The lowest BCUT2D eigenvalue weighted by molar-refractivity contribution is 0.107. The highest BCUT2D eigenvalue weighted by Gasteiger charge is 2.50. The van der Waals surface area contributed by atoms with Gasteiger partial charge < -0.3 is 19.7 Å². The van der Waals surface area contributed by atoms with Gasteiger partial charge in [-0.1, -0.05) is 11.6 Å². The van der Waals surface area contributed by atoms with E-state index in [-0.39, 0.29) is 60.0 Å². The third-order valence-corrected chi connectivity index (χ3v) is 11.1. The number of carbonyl (C=O) groups excluding carboxylic acids is 1. The van der Waals surface area contributed by atoms with Crippen molar-refractivity contribution in [2.45, 2.75) is 61.8 Å². The molecule has 4 fully saturated rings. The summed E-state index contributed by atoms with van der Waals surface area (Å²) in [7, 11) is 0. The lowest BCUT2D eigenvalue weighted by atomic mass is 9.94. The van der Waals surface area contributed by atoms with Gasteiger partial charge in [0.15, 0.2) is 5.82 Å². The zero-order valence-corrected chi connectivity index (χ0v) is 26.1. The summed E-state index contributed by atoms with van der Waals surface area (Å²) in [6, 6.07) is 0.568. The first-order valence-corrected chi connectivity index (χ1v) is 16.5. The van der Waals surface area contributed by atoms with Crippen LogP contribution in [0.2, 0.25) is 5.02 Å². The number of aromatic nitrogens is 5. The predicted molar refractivity (Wildman–Crippen MR) is 167 cm³/mol. The van der Waals surface area contributed by atoms with Crippen molar-refractivity contribution >= 4 is 45.3 Å². The third-order valence-electron chi connectivity index (χ3n) is 10.8. The van der Waals surface area contributed by atoms with Gasteiger partial charge in [0.05, 0.1) is 41.3 Å². The van der Waals surface area contributed by atoms with Crippen LogP contribution >= 0.6 is 11.6 Å². The molecule has 0 radical (unpaired) electrons. The molecule has 1 amide bonds. The molecule has 0 spiro atoms. The van der Waals surface area contributed by atoms with Crippen molar-refractivity contribution in [2.24, 2.45) is 5.92 Å². The first kappa shape index (κ1) is 29.2. The van der Waals surface area contributed by atoms with E-state index in [1.54, 1.807) is 17.2 Å². The molecule has 6 aliphatic rings. The Morgan fingerprint density at radius 1 is 1.19 bits per heavy atom. The second-order valence-electron chi connectivity index (χ2n) is 13.6. The van der Waals surface area contributed by atoms with Gasteiger partial charge in [-0.2, -0.15) is 15.1 Å². The number of amides is 1. The second-order valence-corrected chi connectivity index (χ2v) is 14.0. The Kier molecular flexibility index (Phi) is 6.72. The number of nitrogens with zero attached hydrogens (tertiary/aromatic N) is 6. The summed E-state index contributed by atoms with van der Waals surface area (Å²) in [5, 5.41) is 11.3. The zero-order chi connectivity index (χ0) is 32.0. The van der Waals surface area contributed by atoms with Crippen molar-refractivity contribution in [3.05, 3.63) is 34.9 Å². The quantitative estimate of drug-likeness (QED) is 0.307. The minimum absolute atomic E-state index is 0.0283. The van der Waals surface area contributed by atoms with Crippen molar-refractivity contribution in [2.75, 3.05) is 44.4 Å². The summed E-state index contributed by atoms with van der Waals surface area (Å²) in [5.74, 6) is -0.590. The van der Waals surface area contributed by atoms with E-state index < -0.39 is 42.4 Å². The standard InChI is InChI=1S/C32H32ClF3N8O3/c33-22-6-23-20(10-38-42-23)25-24(22)19-4-15(19)13-46-31(45)39-17-5-18(8-34)44(12-17)29-21-9-37-28(25)26(36)27(21)40-30(41-29)47-14-32-2-1-3-43(32)11-16(35)7-32/h6,9-10,15-19H,1-5,7-8,11-14H2,(H,38,42)(H,39,45)/t15-,16-,17-,18+,19-,32+/m1/s1. The van der Waals surface area contributed by atoms with Crippen LogP contribution in [-0.2, 0) is 4.74 Å². The van der Waals surface area contributed by atoms with E-state index in [1.807, 2.05) is 0 Å². The molecule has 3 saturated heterocycles. The molecule has 0 unspecified atom stereocenters. The average Bonchev–Trinajstić information content (AvgIpc) is 3.38. The lowest BCUT2D eigenvalue weighted by Crippen LogP contribution is -2.43. The maximum absolute atomic E-state index is 17.1.